The van der Waals surface area contributed by atoms with Gasteiger partial charge < -0.3 is 10.6 Å². The molecule has 0 aliphatic rings. The van der Waals surface area contributed by atoms with Gasteiger partial charge in [0, 0.05) is 6.20 Å². The molecule has 0 aromatic carbocycles. The maximum absolute atomic E-state index is 12.9. The van der Waals surface area contributed by atoms with Crippen molar-refractivity contribution in [2.75, 3.05) is 10.6 Å². The number of nitrogens with zero attached hydrogens (tertiary/aromatic N) is 3. The van der Waals surface area contributed by atoms with Crippen molar-refractivity contribution in [1.82, 2.24) is 15.0 Å². The highest BCUT2D eigenvalue weighted by atomic mass is 32.1. The van der Waals surface area contributed by atoms with Crippen LogP contribution >= 0.6 is 11.3 Å². The smallest absolute Gasteiger partial charge is 0.278 e. The number of halogens is 1. The van der Waals surface area contributed by atoms with Crippen molar-refractivity contribution in [3.05, 3.63) is 58.9 Å². The van der Waals surface area contributed by atoms with Crippen molar-refractivity contribution in [1.29, 1.82) is 0 Å². The predicted octanol–water partition coefficient (Wildman–Crippen LogP) is 3.68. The molecule has 122 valence electrons. The van der Waals surface area contributed by atoms with E-state index in [4.69, 9.17) is 0 Å². The largest absolute Gasteiger partial charge is 0.344 e. The van der Waals surface area contributed by atoms with Crippen LogP contribution in [-0.2, 0) is 0 Å². The van der Waals surface area contributed by atoms with Gasteiger partial charge in [-0.1, -0.05) is 0 Å². The molecule has 3 heterocycles. The Morgan fingerprint density at radius 2 is 2.04 bits per heavy atom. The first-order valence-corrected chi connectivity index (χ1v) is 7.92. The van der Waals surface area contributed by atoms with E-state index < -0.39 is 11.7 Å². The molecule has 0 aliphatic carbocycles. The number of pyridine rings is 2. The zero-order valence-corrected chi connectivity index (χ0v) is 13.8. The van der Waals surface area contributed by atoms with Crippen LogP contribution in [-0.4, -0.2) is 20.9 Å². The third kappa shape index (κ3) is 3.54. The summed E-state index contributed by atoms with van der Waals surface area (Å²) in [5, 5.41) is 7.16. The minimum Gasteiger partial charge on any atom is -0.344 e. The Morgan fingerprint density at radius 1 is 1.21 bits per heavy atom. The van der Waals surface area contributed by atoms with Gasteiger partial charge in [0.05, 0.1) is 23.1 Å². The van der Waals surface area contributed by atoms with E-state index in [1.165, 1.54) is 23.5 Å². The molecular weight excluding hydrogens is 329 g/mol. The lowest BCUT2D eigenvalue weighted by atomic mass is 10.2. The SMILES string of the molecule is Cc1nc(C(=O)Nc2ccc(F)cn2)c(Nc2cnccc2C)s1. The van der Waals surface area contributed by atoms with Crippen LogP contribution in [0.2, 0.25) is 0 Å². The van der Waals surface area contributed by atoms with Crippen molar-refractivity contribution in [3.8, 4) is 0 Å². The first kappa shape index (κ1) is 16.0. The summed E-state index contributed by atoms with van der Waals surface area (Å²) in [7, 11) is 0. The summed E-state index contributed by atoms with van der Waals surface area (Å²) >= 11 is 1.37. The zero-order valence-electron chi connectivity index (χ0n) is 13.0. The van der Waals surface area contributed by atoms with Gasteiger partial charge in [-0.3, -0.25) is 9.78 Å². The van der Waals surface area contributed by atoms with E-state index in [1.807, 2.05) is 19.9 Å². The average Bonchev–Trinajstić information content (AvgIpc) is 2.92. The molecule has 2 N–H and O–H groups in total. The molecule has 8 heteroatoms. The fourth-order valence-corrected chi connectivity index (χ4v) is 2.84. The highest BCUT2D eigenvalue weighted by Gasteiger charge is 2.18. The molecule has 0 bridgehead atoms. The lowest BCUT2D eigenvalue weighted by Gasteiger charge is -2.08. The molecule has 3 aromatic rings. The zero-order chi connectivity index (χ0) is 17.1. The van der Waals surface area contributed by atoms with Crippen LogP contribution in [0, 0.1) is 19.7 Å². The number of thiazole rings is 1. The van der Waals surface area contributed by atoms with Gasteiger partial charge in [-0.25, -0.2) is 14.4 Å². The standard InChI is InChI=1S/C16H14FN5OS/c1-9-5-6-18-8-12(9)21-16-14(20-10(2)24-16)15(23)22-13-4-3-11(17)7-19-13/h3-8,21H,1-2H3,(H,19,22,23). The van der Waals surface area contributed by atoms with Crippen LogP contribution in [0.3, 0.4) is 0 Å². The Hall–Kier alpha value is -2.87. The Bertz CT molecular complexity index is 878. The maximum atomic E-state index is 12.9. The monoisotopic (exact) mass is 343 g/mol. The normalized spacial score (nSPS) is 10.5. The molecule has 0 spiro atoms. The molecule has 24 heavy (non-hydrogen) atoms. The van der Waals surface area contributed by atoms with Crippen molar-refractivity contribution in [2.24, 2.45) is 0 Å². The number of hydrogen-bond donors (Lipinski definition) is 2. The number of amides is 1. The molecule has 3 aromatic heterocycles. The number of aryl methyl sites for hydroxylation is 2. The van der Waals surface area contributed by atoms with E-state index in [9.17, 15) is 9.18 Å². The topological polar surface area (TPSA) is 79.8 Å². The average molecular weight is 343 g/mol. The van der Waals surface area contributed by atoms with Gasteiger partial charge in [0.15, 0.2) is 5.69 Å². The summed E-state index contributed by atoms with van der Waals surface area (Å²) in [5.41, 5.74) is 2.06. The van der Waals surface area contributed by atoms with Gasteiger partial charge in [-0.05, 0) is 37.6 Å². The summed E-state index contributed by atoms with van der Waals surface area (Å²) in [4.78, 5) is 24.6. The van der Waals surface area contributed by atoms with Gasteiger partial charge in [-0.15, -0.1) is 11.3 Å². The van der Waals surface area contributed by atoms with Crippen LogP contribution in [0.25, 0.3) is 0 Å². The molecular formula is C16H14FN5OS. The minimum absolute atomic E-state index is 0.256. The van der Waals surface area contributed by atoms with E-state index in [1.54, 1.807) is 12.4 Å². The maximum Gasteiger partial charge on any atom is 0.278 e. The first-order valence-electron chi connectivity index (χ1n) is 7.11. The number of aromatic nitrogens is 3. The second kappa shape index (κ2) is 6.71. The quantitative estimate of drug-likeness (QED) is 0.755. The molecule has 0 fully saturated rings. The first-order chi connectivity index (χ1) is 11.5. The van der Waals surface area contributed by atoms with Gasteiger partial charge in [-0.2, -0.15) is 0 Å². The summed E-state index contributed by atoms with van der Waals surface area (Å²) in [6, 6.07) is 4.50. The van der Waals surface area contributed by atoms with Crippen molar-refractivity contribution in [3.63, 3.8) is 0 Å². The molecule has 0 aliphatic heterocycles. The van der Waals surface area contributed by atoms with E-state index in [0.717, 1.165) is 22.5 Å². The van der Waals surface area contributed by atoms with Crippen LogP contribution in [0.5, 0.6) is 0 Å². The van der Waals surface area contributed by atoms with Gasteiger partial charge in [0.25, 0.3) is 5.91 Å². The molecule has 1 amide bonds. The minimum atomic E-state index is -0.466. The van der Waals surface area contributed by atoms with Crippen molar-refractivity contribution < 1.29 is 9.18 Å². The Kier molecular flexibility index (Phi) is 4.48. The predicted molar refractivity (Wildman–Crippen MR) is 91.3 cm³/mol. The van der Waals surface area contributed by atoms with Gasteiger partial charge in [0.2, 0.25) is 0 Å². The van der Waals surface area contributed by atoms with Crippen LogP contribution < -0.4 is 10.6 Å². The lowest BCUT2D eigenvalue weighted by Crippen LogP contribution is -2.15. The molecule has 0 saturated heterocycles. The summed E-state index contributed by atoms with van der Waals surface area (Å²) in [6.07, 6.45) is 4.43. The lowest BCUT2D eigenvalue weighted by molar-refractivity contribution is 0.102. The number of nitrogens with one attached hydrogen (secondary N) is 2. The van der Waals surface area contributed by atoms with Crippen LogP contribution in [0.15, 0.2) is 36.8 Å². The highest BCUT2D eigenvalue weighted by Crippen LogP contribution is 2.29. The van der Waals surface area contributed by atoms with E-state index in [2.05, 4.69) is 25.6 Å². The summed E-state index contributed by atoms with van der Waals surface area (Å²) in [6.45, 7) is 3.76. The molecule has 0 unspecified atom stereocenters. The van der Waals surface area contributed by atoms with Crippen molar-refractivity contribution >= 4 is 33.8 Å². The summed E-state index contributed by atoms with van der Waals surface area (Å²) < 4.78 is 12.9. The fraction of sp³-hybridized carbons (Fsp3) is 0.125. The number of rotatable bonds is 4. The third-order valence-electron chi connectivity index (χ3n) is 3.21. The Labute approximate surface area is 141 Å². The molecule has 6 nitrogen and oxygen atoms in total. The second-order valence-electron chi connectivity index (χ2n) is 5.04. The summed E-state index contributed by atoms with van der Waals surface area (Å²) in [5.74, 6) is -0.620. The number of hydrogen-bond acceptors (Lipinski definition) is 6. The van der Waals surface area contributed by atoms with Crippen molar-refractivity contribution in [2.45, 2.75) is 13.8 Å². The number of carbonyl (C=O) groups is 1. The van der Waals surface area contributed by atoms with Crippen LogP contribution in [0.1, 0.15) is 21.1 Å². The third-order valence-corrected chi connectivity index (χ3v) is 4.09. The number of carbonyl (C=O) groups excluding carboxylic acids is 1. The van der Waals surface area contributed by atoms with Gasteiger partial charge in [0.1, 0.15) is 16.6 Å². The number of anilines is 3. The molecule has 0 radical (unpaired) electrons. The van der Waals surface area contributed by atoms with Crippen LogP contribution in [0.4, 0.5) is 20.9 Å². The molecule has 0 saturated carbocycles. The second-order valence-corrected chi connectivity index (χ2v) is 6.25. The van der Waals surface area contributed by atoms with E-state index in [-0.39, 0.29) is 11.5 Å². The molecule has 0 atom stereocenters. The highest BCUT2D eigenvalue weighted by molar-refractivity contribution is 7.16. The Morgan fingerprint density at radius 3 is 2.75 bits per heavy atom. The van der Waals surface area contributed by atoms with E-state index >= 15 is 0 Å². The molecule has 3 rings (SSSR count). The van der Waals surface area contributed by atoms with E-state index in [0.29, 0.717) is 5.00 Å². The van der Waals surface area contributed by atoms with Gasteiger partial charge >= 0.3 is 0 Å². The Balaban J connectivity index is 1.84. The fourth-order valence-electron chi connectivity index (χ4n) is 2.01.